The van der Waals surface area contributed by atoms with Crippen LogP contribution in [0, 0.1) is 0 Å². The molecule has 3 amide bonds. The summed E-state index contributed by atoms with van der Waals surface area (Å²) in [7, 11) is 0. The number of nitrogens with zero attached hydrogens (tertiary/aromatic N) is 2. The fourth-order valence-corrected chi connectivity index (χ4v) is 4.70. The fourth-order valence-electron chi connectivity index (χ4n) is 3.59. The topological polar surface area (TPSA) is 57.7 Å². The van der Waals surface area contributed by atoms with Gasteiger partial charge in [-0.1, -0.05) is 31.2 Å². The Morgan fingerprint density at radius 1 is 1.04 bits per heavy atom. The average molecular weight is 394 g/mol. The first-order valence-electron chi connectivity index (χ1n) is 9.52. The number of hydrogen-bond donors (Lipinski definition) is 0. The number of imide groups is 1. The molecule has 5 nitrogen and oxygen atoms in total. The highest BCUT2D eigenvalue weighted by Gasteiger charge is 2.29. The molecule has 28 heavy (non-hydrogen) atoms. The molecule has 0 bridgehead atoms. The van der Waals surface area contributed by atoms with Crippen molar-refractivity contribution in [1.29, 1.82) is 0 Å². The number of anilines is 1. The standard InChI is InChI=1S/C22H22N2O3S/c1-15-12-13-23(18-4-2-3-5-19(18)28-15)22(27)17-8-6-16(7-9-17)14-24-20(25)10-11-21(24)26/h2-9,15H,10-14H2,1H3. The number of carbonyl (C=O) groups excluding carboxylic acids is 3. The number of amides is 3. The predicted octanol–water partition coefficient (Wildman–Crippen LogP) is 3.87. The van der Waals surface area contributed by atoms with Crippen molar-refractivity contribution in [3.8, 4) is 0 Å². The van der Waals surface area contributed by atoms with Crippen molar-refractivity contribution < 1.29 is 14.4 Å². The Balaban J connectivity index is 1.54. The maximum atomic E-state index is 13.2. The largest absolute Gasteiger partial charge is 0.307 e. The van der Waals surface area contributed by atoms with Crippen molar-refractivity contribution in [1.82, 2.24) is 4.90 Å². The molecule has 4 rings (SSSR count). The van der Waals surface area contributed by atoms with Gasteiger partial charge in [-0.25, -0.2) is 0 Å². The van der Waals surface area contributed by atoms with Gasteiger partial charge in [0.1, 0.15) is 0 Å². The summed E-state index contributed by atoms with van der Waals surface area (Å²) in [6.45, 7) is 3.14. The summed E-state index contributed by atoms with van der Waals surface area (Å²) in [5.74, 6) is -0.280. The summed E-state index contributed by atoms with van der Waals surface area (Å²) < 4.78 is 0. The third-order valence-corrected chi connectivity index (χ3v) is 6.42. The number of benzene rings is 2. The average Bonchev–Trinajstić information content (AvgIpc) is 2.91. The van der Waals surface area contributed by atoms with E-state index in [-0.39, 0.29) is 24.3 Å². The second-order valence-corrected chi connectivity index (χ2v) is 8.69. The van der Waals surface area contributed by atoms with Crippen LogP contribution < -0.4 is 4.90 Å². The van der Waals surface area contributed by atoms with E-state index < -0.39 is 0 Å². The minimum absolute atomic E-state index is 0.0259. The van der Waals surface area contributed by atoms with Gasteiger partial charge < -0.3 is 4.90 Å². The lowest BCUT2D eigenvalue weighted by atomic mass is 10.1. The van der Waals surface area contributed by atoms with E-state index in [0.717, 1.165) is 22.6 Å². The molecule has 2 aliphatic rings. The Kier molecular flexibility index (Phi) is 5.22. The van der Waals surface area contributed by atoms with Gasteiger partial charge in [0.15, 0.2) is 0 Å². The van der Waals surface area contributed by atoms with Crippen molar-refractivity contribution in [2.45, 2.75) is 42.9 Å². The third-order valence-electron chi connectivity index (χ3n) is 5.19. The summed E-state index contributed by atoms with van der Waals surface area (Å²) in [4.78, 5) is 41.0. The predicted molar refractivity (Wildman–Crippen MR) is 109 cm³/mol. The molecule has 1 unspecified atom stereocenters. The fraction of sp³-hybridized carbons (Fsp3) is 0.318. The molecule has 144 valence electrons. The van der Waals surface area contributed by atoms with E-state index in [4.69, 9.17) is 0 Å². The van der Waals surface area contributed by atoms with Gasteiger partial charge in [0.05, 0.1) is 12.2 Å². The van der Waals surface area contributed by atoms with E-state index in [1.165, 1.54) is 4.90 Å². The second-order valence-electron chi connectivity index (χ2n) is 7.21. The number of thioether (sulfide) groups is 1. The van der Waals surface area contributed by atoms with Gasteiger partial charge >= 0.3 is 0 Å². The zero-order valence-corrected chi connectivity index (χ0v) is 16.6. The molecule has 1 saturated heterocycles. The summed E-state index contributed by atoms with van der Waals surface area (Å²) in [6, 6.07) is 15.2. The van der Waals surface area contributed by atoms with Crippen molar-refractivity contribution in [2.75, 3.05) is 11.4 Å². The van der Waals surface area contributed by atoms with Crippen LogP contribution in [0.4, 0.5) is 5.69 Å². The Morgan fingerprint density at radius 3 is 2.43 bits per heavy atom. The first-order chi connectivity index (χ1) is 13.5. The number of rotatable bonds is 3. The molecular formula is C22H22N2O3S. The van der Waals surface area contributed by atoms with Crippen LogP contribution in [-0.4, -0.2) is 34.4 Å². The van der Waals surface area contributed by atoms with Gasteiger partial charge in [-0.2, -0.15) is 0 Å². The monoisotopic (exact) mass is 394 g/mol. The number of para-hydroxylation sites is 1. The smallest absolute Gasteiger partial charge is 0.258 e. The number of hydrogen-bond acceptors (Lipinski definition) is 4. The highest BCUT2D eigenvalue weighted by Crippen LogP contribution is 2.37. The van der Waals surface area contributed by atoms with Crippen molar-refractivity contribution in [3.63, 3.8) is 0 Å². The molecule has 2 heterocycles. The SMILES string of the molecule is CC1CCN(C(=O)c2ccc(CN3C(=O)CCC3=O)cc2)c2ccccc2S1. The Morgan fingerprint density at radius 2 is 1.71 bits per heavy atom. The molecule has 0 N–H and O–H groups in total. The molecule has 2 aromatic rings. The third kappa shape index (κ3) is 3.69. The van der Waals surface area contributed by atoms with E-state index in [1.807, 2.05) is 35.2 Å². The zero-order valence-electron chi connectivity index (χ0n) is 15.8. The van der Waals surface area contributed by atoms with Crippen LogP contribution in [0.2, 0.25) is 0 Å². The quantitative estimate of drug-likeness (QED) is 0.742. The van der Waals surface area contributed by atoms with Gasteiger partial charge in [0.25, 0.3) is 5.91 Å². The molecule has 0 aliphatic carbocycles. The van der Waals surface area contributed by atoms with Crippen LogP contribution in [0.3, 0.4) is 0 Å². The van der Waals surface area contributed by atoms with E-state index in [1.54, 1.807) is 23.9 Å². The number of likely N-dealkylation sites (tertiary alicyclic amines) is 1. The van der Waals surface area contributed by atoms with Crippen molar-refractivity contribution >= 4 is 35.2 Å². The van der Waals surface area contributed by atoms with E-state index >= 15 is 0 Å². The maximum Gasteiger partial charge on any atom is 0.258 e. The molecule has 1 fully saturated rings. The Labute approximate surface area is 168 Å². The van der Waals surface area contributed by atoms with Crippen LogP contribution in [0.1, 0.15) is 42.1 Å². The highest BCUT2D eigenvalue weighted by molar-refractivity contribution is 8.00. The lowest BCUT2D eigenvalue weighted by molar-refractivity contribution is -0.139. The minimum Gasteiger partial charge on any atom is -0.307 e. The van der Waals surface area contributed by atoms with Crippen LogP contribution in [-0.2, 0) is 16.1 Å². The molecule has 2 aliphatic heterocycles. The first-order valence-corrected chi connectivity index (χ1v) is 10.4. The van der Waals surface area contributed by atoms with E-state index in [0.29, 0.717) is 30.2 Å². The van der Waals surface area contributed by atoms with Crippen LogP contribution >= 0.6 is 11.8 Å². The number of fused-ring (bicyclic) bond motifs is 1. The zero-order chi connectivity index (χ0) is 19.7. The van der Waals surface area contributed by atoms with Crippen LogP contribution in [0.25, 0.3) is 0 Å². The van der Waals surface area contributed by atoms with Gasteiger partial charge in [-0.05, 0) is 36.2 Å². The normalized spacial score (nSPS) is 19.5. The van der Waals surface area contributed by atoms with Gasteiger partial charge in [-0.15, -0.1) is 11.8 Å². The lowest BCUT2D eigenvalue weighted by Crippen LogP contribution is -2.32. The summed E-state index contributed by atoms with van der Waals surface area (Å²) in [5, 5.41) is 0.455. The van der Waals surface area contributed by atoms with E-state index in [9.17, 15) is 14.4 Å². The van der Waals surface area contributed by atoms with Crippen LogP contribution in [0.15, 0.2) is 53.4 Å². The molecular weight excluding hydrogens is 372 g/mol. The van der Waals surface area contributed by atoms with Crippen LogP contribution in [0.5, 0.6) is 0 Å². The Bertz CT molecular complexity index is 910. The van der Waals surface area contributed by atoms with Gasteiger partial charge in [-0.3, -0.25) is 19.3 Å². The molecule has 0 radical (unpaired) electrons. The summed E-state index contributed by atoms with van der Waals surface area (Å²) in [5.41, 5.74) is 2.41. The number of carbonyl (C=O) groups is 3. The molecule has 0 spiro atoms. The summed E-state index contributed by atoms with van der Waals surface area (Å²) >= 11 is 1.81. The minimum atomic E-state index is -0.127. The molecule has 0 saturated carbocycles. The van der Waals surface area contributed by atoms with Gasteiger partial charge in [0.2, 0.25) is 11.8 Å². The second kappa shape index (κ2) is 7.80. The summed E-state index contributed by atoms with van der Waals surface area (Å²) in [6.07, 6.45) is 1.52. The Hall–Kier alpha value is -2.60. The van der Waals surface area contributed by atoms with Gasteiger partial charge in [0, 0.05) is 35.1 Å². The maximum absolute atomic E-state index is 13.2. The lowest BCUT2D eigenvalue weighted by Gasteiger charge is -2.23. The molecule has 0 aromatic heterocycles. The molecule has 2 aromatic carbocycles. The molecule has 1 atom stereocenters. The van der Waals surface area contributed by atoms with Crippen molar-refractivity contribution in [2.24, 2.45) is 0 Å². The molecule has 6 heteroatoms. The first kappa shape index (κ1) is 18.7. The van der Waals surface area contributed by atoms with Crippen molar-refractivity contribution in [3.05, 3.63) is 59.7 Å². The highest BCUT2D eigenvalue weighted by atomic mass is 32.2. The van der Waals surface area contributed by atoms with E-state index in [2.05, 4.69) is 13.0 Å².